The summed E-state index contributed by atoms with van der Waals surface area (Å²) in [6, 6.07) is 9.68. The van der Waals surface area contributed by atoms with Crippen LogP contribution in [0.25, 0.3) is 0 Å². The lowest BCUT2D eigenvalue weighted by Crippen LogP contribution is -2.32. The average molecular weight is 305 g/mol. The summed E-state index contributed by atoms with van der Waals surface area (Å²) >= 11 is 0. The Kier molecular flexibility index (Phi) is 4.86. The molecule has 0 saturated heterocycles. The van der Waals surface area contributed by atoms with Gasteiger partial charge in [-0.05, 0) is 17.9 Å². The number of rotatable bonds is 7. The number of amides is 1. The van der Waals surface area contributed by atoms with Crippen LogP contribution >= 0.6 is 0 Å². The molecule has 2 N–H and O–H groups in total. The van der Waals surface area contributed by atoms with Crippen LogP contribution in [0, 0.1) is 17.3 Å². The molecule has 1 aromatic carbocycles. The van der Waals surface area contributed by atoms with Gasteiger partial charge in [-0.3, -0.25) is 9.59 Å². The molecule has 1 amide bonds. The molecule has 5 nitrogen and oxygen atoms in total. The number of aliphatic carboxylic acids is 1. The van der Waals surface area contributed by atoms with Crippen LogP contribution in [-0.4, -0.2) is 30.1 Å². The predicted octanol–water partition coefficient (Wildman–Crippen LogP) is 2.24. The summed E-state index contributed by atoms with van der Waals surface area (Å²) in [7, 11) is 0. The third-order valence-corrected chi connectivity index (χ3v) is 4.38. The highest BCUT2D eigenvalue weighted by molar-refractivity contribution is 5.91. The van der Waals surface area contributed by atoms with E-state index in [0.717, 1.165) is 5.56 Å². The molecular weight excluding hydrogens is 282 g/mol. The number of carbonyl (C=O) groups excluding carboxylic acids is 1. The normalized spacial score (nSPS) is 23.6. The van der Waals surface area contributed by atoms with E-state index in [2.05, 4.69) is 5.32 Å². The van der Waals surface area contributed by atoms with Crippen molar-refractivity contribution in [2.24, 2.45) is 17.3 Å². The first-order chi connectivity index (χ1) is 10.4. The van der Waals surface area contributed by atoms with Crippen LogP contribution < -0.4 is 5.32 Å². The number of carboxylic acids is 1. The van der Waals surface area contributed by atoms with Crippen molar-refractivity contribution in [2.75, 3.05) is 13.2 Å². The molecule has 1 saturated carbocycles. The molecule has 22 heavy (non-hydrogen) atoms. The van der Waals surface area contributed by atoms with Gasteiger partial charge in [0, 0.05) is 13.2 Å². The van der Waals surface area contributed by atoms with Crippen molar-refractivity contribution in [2.45, 2.75) is 26.9 Å². The number of nitrogens with one attached hydrogen (secondary N) is 1. The summed E-state index contributed by atoms with van der Waals surface area (Å²) < 4.78 is 5.67. The van der Waals surface area contributed by atoms with Crippen LogP contribution in [0.3, 0.4) is 0 Å². The zero-order chi connectivity index (χ0) is 16.3. The molecule has 3 atom stereocenters. The van der Waals surface area contributed by atoms with Gasteiger partial charge in [-0.15, -0.1) is 0 Å². The molecule has 1 aliphatic carbocycles. The summed E-state index contributed by atoms with van der Waals surface area (Å²) in [5.74, 6) is -2.19. The zero-order valence-corrected chi connectivity index (χ0v) is 13.2. The molecule has 0 aliphatic heterocycles. The molecule has 5 heteroatoms. The minimum atomic E-state index is -0.908. The van der Waals surface area contributed by atoms with Gasteiger partial charge in [0.25, 0.3) is 0 Å². The van der Waals surface area contributed by atoms with E-state index in [0.29, 0.717) is 13.2 Å². The van der Waals surface area contributed by atoms with Gasteiger partial charge in [-0.2, -0.15) is 0 Å². The van der Waals surface area contributed by atoms with E-state index in [4.69, 9.17) is 9.84 Å². The fraction of sp³-hybridized carbons (Fsp3) is 0.529. The highest BCUT2D eigenvalue weighted by Crippen LogP contribution is 2.58. The summed E-state index contributed by atoms with van der Waals surface area (Å²) in [6.07, 6.45) is -0.222. The lowest BCUT2D eigenvalue weighted by atomic mass is 10.1. The Labute approximate surface area is 130 Å². The Morgan fingerprint density at radius 1 is 1.27 bits per heavy atom. The highest BCUT2D eigenvalue weighted by atomic mass is 16.5. The van der Waals surface area contributed by atoms with E-state index in [1.807, 2.05) is 51.1 Å². The summed E-state index contributed by atoms with van der Waals surface area (Å²) in [5.41, 5.74) is 0.513. The van der Waals surface area contributed by atoms with Crippen molar-refractivity contribution in [3.8, 4) is 0 Å². The fourth-order valence-corrected chi connectivity index (χ4v) is 3.03. The number of carbonyl (C=O) groups is 2. The molecular formula is C17H23NO4. The maximum absolute atomic E-state index is 12.2. The highest BCUT2D eigenvalue weighted by Gasteiger charge is 2.65. The summed E-state index contributed by atoms with van der Waals surface area (Å²) in [4.78, 5) is 23.4. The third kappa shape index (κ3) is 3.30. The second-order valence-corrected chi connectivity index (χ2v) is 6.21. The van der Waals surface area contributed by atoms with Gasteiger partial charge >= 0.3 is 5.97 Å². The van der Waals surface area contributed by atoms with Crippen LogP contribution in [-0.2, 0) is 14.3 Å². The Hall–Kier alpha value is -1.88. The Morgan fingerprint density at radius 3 is 2.41 bits per heavy atom. The van der Waals surface area contributed by atoms with Crippen molar-refractivity contribution in [1.29, 1.82) is 0 Å². The van der Waals surface area contributed by atoms with Gasteiger partial charge in [0.15, 0.2) is 0 Å². The van der Waals surface area contributed by atoms with Gasteiger partial charge in [0.2, 0.25) is 5.91 Å². The minimum absolute atomic E-state index is 0.210. The summed E-state index contributed by atoms with van der Waals surface area (Å²) in [5, 5.41) is 12.0. The fourth-order valence-electron chi connectivity index (χ4n) is 3.03. The SMILES string of the molecule is CCOC(CNC(=O)[C@@H]1[C@H](C(=O)O)C1(C)C)c1ccccc1. The third-order valence-electron chi connectivity index (χ3n) is 4.38. The van der Waals surface area contributed by atoms with Crippen molar-refractivity contribution in [3.63, 3.8) is 0 Å². The van der Waals surface area contributed by atoms with E-state index in [9.17, 15) is 9.59 Å². The van der Waals surface area contributed by atoms with E-state index < -0.39 is 23.2 Å². The molecule has 2 rings (SSSR count). The smallest absolute Gasteiger partial charge is 0.307 e. The average Bonchev–Trinajstić information content (AvgIpc) is 3.07. The van der Waals surface area contributed by atoms with Crippen LogP contribution in [0.15, 0.2) is 30.3 Å². The lowest BCUT2D eigenvalue weighted by Gasteiger charge is -2.18. The second kappa shape index (κ2) is 6.48. The molecule has 1 aromatic rings. The van der Waals surface area contributed by atoms with Crippen molar-refractivity contribution in [1.82, 2.24) is 5.32 Å². The van der Waals surface area contributed by atoms with Gasteiger partial charge in [-0.1, -0.05) is 44.2 Å². The van der Waals surface area contributed by atoms with E-state index in [1.54, 1.807) is 0 Å². The quantitative estimate of drug-likeness (QED) is 0.810. The Morgan fingerprint density at radius 2 is 1.91 bits per heavy atom. The van der Waals surface area contributed by atoms with E-state index in [-0.39, 0.29) is 12.0 Å². The van der Waals surface area contributed by atoms with Crippen LogP contribution in [0.2, 0.25) is 0 Å². The van der Waals surface area contributed by atoms with Gasteiger partial charge in [0.05, 0.1) is 17.9 Å². The minimum Gasteiger partial charge on any atom is -0.481 e. The summed E-state index contributed by atoms with van der Waals surface area (Å²) in [6.45, 7) is 6.42. The van der Waals surface area contributed by atoms with Gasteiger partial charge in [-0.25, -0.2) is 0 Å². The number of carboxylic acid groups (broad SMARTS) is 1. The van der Waals surface area contributed by atoms with Crippen LogP contribution in [0.1, 0.15) is 32.4 Å². The molecule has 1 aliphatic rings. The number of benzene rings is 1. The van der Waals surface area contributed by atoms with E-state index >= 15 is 0 Å². The molecule has 0 heterocycles. The second-order valence-electron chi connectivity index (χ2n) is 6.21. The molecule has 0 aromatic heterocycles. The number of hydrogen-bond donors (Lipinski definition) is 2. The first kappa shape index (κ1) is 16.5. The van der Waals surface area contributed by atoms with Crippen LogP contribution in [0.5, 0.6) is 0 Å². The standard InChI is InChI=1S/C17H23NO4/c1-4-22-12(11-8-6-5-7-9-11)10-18-15(19)13-14(16(20)21)17(13,2)3/h5-9,12-14H,4,10H2,1-3H3,(H,18,19)(H,20,21)/t12?,13-,14+/m0/s1. The first-order valence-electron chi connectivity index (χ1n) is 7.56. The van der Waals surface area contributed by atoms with Crippen LogP contribution in [0.4, 0.5) is 0 Å². The maximum Gasteiger partial charge on any atom is 0.307 e. The number of ether oxygens (including phenoxy) is 1. The van der Waals surface area contributed by atoms with Crippen molar-refractivity contribution < 1.29 is 19.4 Å². The molecule has 0 bridgehead atoms. The molecule has 0 spiro atoms. The monoisotopic (exact) mass is 305 g/mol. The predicted molar refractivity (Wildman–Crippen MR) is 82.2 cm³/mol. The molecule has 1 fully saturated rings. The molecule has 120 valence electrons. The Balaban J connectivity index is 1.96. The molecule has 1 unspecified atom stereocenters. The lowest BCUT2D eigenvalue weighted by molar-refractivity contribution is -0.140. The topological polar surface area (TPSA) is 75.6 Å². The van der Waals surface area contributed by atoms with Gasteiger partial charge in [0.1, 0.15) is 0 Å². The van der Waals surface area contributed by atoms with Gasteiger partial charge < -0.3 is 15.2 Å². The van der Waals surface area contributed by atoms with Crippen molar-refractivity contribution in [3.05, 3.63) is 35.9 Å². The molecule has 0 radical (unpaired) electrons. The van der Waals surface area contributed by atoms with Crippen molar-refractivity contribution >= 4 is 11.9 Å². The Bertz CT molecular complexity index is 541. The number of hydrogen-bond acceptors (Lipinski definition) is 3. The maximum atomic E-state index is 12.2. The zero-order valence-electron chi connectivity index (χ0n) is 13.2. The first-order valence-corrected chi connectivity index (χ1v) is 7.56. The van der Waals surface area contributed by atoms with E-state index in [1.165, 1.54) is 0 Å². The largest absolute Gasteiger partial charge is 0.481 e.